The molecule has 0 aliphatic heterocycles. The molecule has 0 bridgehead atoms. The molecule has 18 heavy (non-hydrogen) atoms. The summed E-state index contributed by atoms with van der Waals surface area (Å²) in [5.74, 6) is -0.154. The first-order valence-corrected chi connectivity index (χ1v) is 6.14. The second kappa shape index (κ2) is 6.50. The first-order chi connectivity index (χ1) is 8.40. The summed E-state index contributed by atoms with van der Waals surface area (Å²) in [4.78, 5) is 13.4. The van der Waals surface area contributed by atoms with Crippen LogP contribution in [0.2, 0.25) is 0 Å². The first kappa shape index (κ1) is 14.6. The van der Waals surface area contributed by atoms with Gasteiger partial charge in [-0.25, -0.2) is 4.39 Å². The van der Waals surface area contributed by atoms with E-state index in [2.05, 4.69) is 0 Å². The highest BCUT2D eigenvalue weighted by molar-refractivity contribution is 5.75. The number of carbonyl (C=O) groups is 1. The summed E-state index contributed by atoms with van der Waals surface area (Å²) < 4.78 is 13.1. The largest absolute Gasteiger partial charge is 0.341 e. The van der Waals surface area contributed by atoms with Gasteiger partial charge >= 0.3 is 0 Å². The lowest BCUT2D eigenvalue weighted by Crippen LogP contribution is -2.28. The smallest absolute Gasteiger partial charge is 0.222 e. The van der Waals surface area contributed by atoms with Crippen molar-refractivity contribution in [3.8, 4) is 0 Å². The highest BCUT2D eigenvalue weighted by atomic mass is 19.1. The average Bonchev–Trinajstić information content (AvgIpc) is 2.30. The van der Waals surface area contributed by atoms with Gasteiger partial charge in [0.1, 0.15) is 5.82 Å². The fourth-order valence-corrected chi connectivity index (χ4v) is 1.71. The third-order valence-corrected chi connectivity index (χ3v) is 2.88. The van der Waals surface area contributed by atoms with E-state index in [0.717, 1.165) is 5.56 Å². The van der Waals surface area contributed by atoms with E-state index in [4.69, 9.17) is 5.73 Å². The molecule has 1 unspecified atom stereocenters. The second-order valence-electron chi connectivity index (χ2n) is 4.85. The standard InChI is InChI=1S/C14H21FN2O/c1-10-8-12(5-6-13(10)15)9-17(3)14(18)7-4-11(2)16/h5-6,8,11H,4,7,9,16H2,1-3H3. The fraction of sp³-hybridized carbons (Fsp3) is 0.500. The van der Waals surface area contributed by atoms with Crippen LogP contribution in [0, 0.1) is 12.7 Å². The van der Waals surface area contributed by atoms with E-state index >= 15 is 0 Å². The lowest BCUT2D eigenvalue weighted by molar-refractivity contribution is -0.130. The van der Waals surface area contributed by atoms with Gasteiger partial charge in [-0.05, 0) is 37.5 Å². The molecule has 0 saturated carbocycles. The Morgan fingerprint density at radius 2 is 2.17 bits per heavy atom. The van der Waals surface area contributed by atoms with E-state index in [1.54, 1.807) is 31.0 Å². The van der Waals surface area contributed by atoms with Gasteiger partial charge in [-0.2, -0.15) is 0 Å². The molecule has 1 amide bonds. The van der Waals surface area contributed by atoms with Gasteiger partial charge < -0.3 is 10.6 Å². The van der Waals surface area contributed by atoms with E-state index in [0.29, 0.717) is 24.9 Å². The third kappa shape index (κ3) is 4.45. The number of nitrogens with zero attached hydrogens (tertiary/aromatic N) is 1. The maximum absolute atomic E-state index is 13.1. The van der Waals surface area contributed by atoms with Crippen LogP contribution in [-0.2, 0) is 11.3 Å². The summed E-state index contributed by atoms with van der Waals surface area (Å²) in [6, 6.07) is 4.95. The summed E-state index contributed by atoms with van der Waals surface area (Å²) in [6.45, 7) is 4.10. The van der Waals surface area contributed by atoms with Crippen molar-refractivity contribution in [1.82, 2.24) is 4.90 Å². The lowest BCUT2D eigenvalue weighted by Gasteiger charge is -2.18. The minimum Gasteiger partial charge on any atom is -0.341 e. The zero-order chi connectivity index (χ0) is 13.7. The summed E-state index contributed by atoms with van der Waals surface area (Å²) in [6.07, 6.45) is 1.14. The van der Waals surface area contributed by atoms with Crippen LogP contribution in [0.25, 0.3) is 0 Å². The molecule has 0 spiro atoms. The van der Waals surface area contributed by atoms with Crippen LogP contribution in [0.3, 0.4) is 0 Å². The van der Waals surface area contributed by atoms with E-state index in [-0.39, 0.29) is 17.8 Å². The number of aryl methyl sites for hydroxylation is 1. The van der Waals surface area contributed by atoms with Gasteiger partial charge in [-0.3, -0.25) is 4.79 Å². The Bertz CT molecular complexity index is 418. The van der Waals surface area contributed by atoms with Crippen LogP contribution in [0.5, 0.6) is 0 Å². The van der Waals surface area contributed by atoms with Crippen LogP contribution in [-0.4, -0.2) is 23.9 Å². The predicted molar refractivity (Wildman–Crippen MR) is 70.5 cm³/mol. The van der Waals surface area contributed by atoms with Crippen LogP contribution in [0.4, 0.5) is 4.39 Å². The van der Waals surface area contributed by atoms with Crippen molar-refractivity contribution in [2.24, 2.45) is 5.73 Å². The number of rotatable bonds is 5. The fourth-order valence-electron chi connectivity index (χ4n) is 1.71. The number of hydrogen-bond donors (Lipinski definition) is 1. The molecule has 1 rings (SSSR count). The molecule has 100 valence electrons. The molecule has 0 aromatic heterocycles. The van der Waals surface area contributed by atoms with Crippen molar-refractivity contribution in [3.63, 3.8) is 0 Å². The number of amides is 1. The van der Waals surface area contributed by atoms with Crippen molar-refractivity contribution >= 4 is 5.91 Å². The predicted octanol–water partition coefficient (Wildman–Crippen LogP) is 2.22. The third-order valence-electron chi connectivity index (χ3n) is 2.88. The maximum Gasteiger partial charge on any atom is 0.222 e. The van der Waals surface area contributed by atoms with Gasteiger partial charge in [-0.1, -0.05) is 12.1 Å². The van der Waals surface area contributed by atoms with Gasteiger partial charge in [-0.15, -0.1) is 0 Å². The van der Waals surface area contributed by atoms with Gasteiger partial charge in [0.15, 0.2) is 0 Å². The highest BCUT2D eigenvalue weighted by Gasteiger charge is 2.10. The van der Waals surface area contributed by atoms with Crippen molar-refractivity contribution in [2.75, 3.05) is 7.05 Å². The minimum absolute atomic E-state index is 0.0374. The minimum atomic E-state index is -0.218. The summed E-state index contributed by atoms with van der Waals surface area (Å²) in [5.41, 5.74) is 7.15. The monoisotopic (exact) mass is 252 g/mol. The molecule has 0 saturated heterocycles. The molecule has 2 N–H and O–H groups in total. The molecule has 0 fully saturated rings. The first-order valence-electron chi connectivity index (χ1n) is 6.14. The molecule has 0 radical (unpaired) electrons. The molecule has 1 aromatic rings. The summed E-state index contributed by atoms with van der Waals surface area (Å²) in [5, 5.41) is 0. The van der Waals surface area contributed by atoms with Gasteiger partial charge in [0, 0.05) is 26.1 Å². The molecule has 1 aromatic carbocycles. The molecule has 1 atom stereocenters. The summed E-state index contributed by atoms with van der Waals surface area (Å²) in [7, 11) is 1.75. The van der Waals surface area contributed by atoms with Crippen LogP contribution < -0.4 is 5.73 Å². The molecule has 3 nitrogen and oxygen atoms in total. The Hall–Kier alpha value is -1.42. The second-order valence-corrected chi connectivity index (χ2v) is 4.85. The van der Waals surface area contributed by atoms with Gasteiger partial charge in [0.25, 0.3) is 0 Å². The highest BCUT2D eigenvalue weighted by Crippen LogP contribution is 2.11. The van der Waals surface area contributed by atoms with Crippen LogP contribution >= 0.6 is 0 Å². The lowest BCUT2D eigenvalue weighted by atomic mass is 10.1. The van der Waals surface area contributed by atoms with Gasteiger partial charge in [0.2, 0.25) is 5.91 Å². The number of carbonyl (C=O) groups excluding carboxylic acids is 1. The van der Waals surface area contributed by atoms with Crippen molar-refractivity contribution < 1.29 is 9.18 Å². The number of benzene rings is 1. The Balaban J connectivity index is 2.55. The quantitative estimate of drug-likeness (QED) is 0.873. The number of hydrogen-bond acceptors (Lipinski definition) is 2. The SMILES string of the molecule is Cc1cc(CN(C)C(=O)CCC(C)N)ccc1F. The zero-order valence-corrected chi connectivity index (χ0v) is 11.2. The van der Waals surface area contributed by atoms with E-state index in [9.17, 15) is 9.18 Å². The molecular weight excluding hydrogens is 231 g/mol. The molecule has 4 heteroatoms. The Morgan fingerprint density at radius 1 is 1.50 bits per heavy atom. The van der Waals surface area contributed by atoms with E-state index in [1.165, 1.54) is 6.07 Å². The van der Waals surface area contributed by atoms with E-state index < -0.39 is 0 Å². The van der Waals surface area contributed by atoms with Crippen molar-refractivity contribution in [2.45, 2.75) is 39.3 Å². The Kier molecular flexibility index (Phi) is 5.28. The molecular formula is C14H21FN2O. The Morgan fingerprint density at radius 3 is 2.72 bits per heavy atom. The number of nitrogens with two attached hydrogens (primary N) is 1. The molecule has 0 aliphatic rings. The molecule has 0 heterocycles. The van der Waals surface area contributed by atoms with Crippen molar-refractivity contribution in [1.29, 1.82) is 0 Å². The van der Waals surface area contributed by atoms with Crippen LogP contribution in [0.15, 0.2) is 18.2 Å². The zero-order valence-electron chi connectivity index (χ0n) is 11.2. The van der Waals surface area contributed by atoms with Crippen molar-refractivity contribution in [3.05, 3.63) is 35.1 Å². The average molecular weight is 252 g/mol. The van der Waals surface area contributed by atoms with Gasteiger partial charge in [0.05, 0.1) is 0 Å². The molecule has 0 aliphatic carbocycles. The van der Waals surface area contributed by atoms with E-state index in [1.807, 2.05) is 6.92 Å². The maximum atomic E-state index is 13.1. The van der Waals surface area contributed by atoms with Crippen LogP contribution in [0.1, 0.15) is 30.9 Å². The normalized spacial score (nSPS) is 12.3. The topological polar surface area (TPSA) is 46.3 Å². The number of halogens is 1. The summed E-state index contributed by atoms with van der Waals surface area (Å²) >= 11 is 0. The Labute approximate surface area is 108 Å².